The standard InChI is InChI=1S/C13H14F2O3/c1-2-13(6-17-7-13)8-18-12(16)9-3-10(14)5-11(15)4-9/h3-5H,2,6-8H2,1H3. The molecule has 0 N–H and O–H groups in total. The highest BCUT2D eigenvalue weighted by Crippen LogP contribution is 2.31. The molecule has 0 radical (unpaired) electrons. The number of halogens is 2. The Hall–Kier alpha value is -1.49. The lowest BCUT2D eigenvalue weighted by Crippen LogP contribution is -2.46. The highest BCUT2D eigenvalue weighted by molar-refractivity contribution is 5.89. The number of ether oxygens (including phenoxy) is 2. The predicted octanol–water partition coefficient (Wildman–Crippen LogP) is 2.55. The van der Waals surface area contributed by atoms with Crippen LogP contribution in [0.15, 0.2) is 18.2 Å². The topological polar surface area (TPSA) is 35.5 Å². The summed E-state index contributed by atoms with van der Waals surface area (Å²) in [6, 6.07) is 2.63. The van der Waals surface area contributed by atoms with Gasteiger partial charge >= 0.3 is 5.97 Å². The Balaban J connectivity index is 1.99. The molecular weight excluding hydrogens is 242 g/mol. The van der Waals surface area contributed by atoms with Gasteiger partial charge in [0.1, 0.15) is 18.2 Å². The lowest BCUT2D eigenvalue weighted by molar-refractivity contribution is -0.140. The molecule has 1 fully saturated rings. The molecule has 1 aromatic rings. The molecule has 0 saturated carbocycles. The maximum atomic E-state index is 12.9. The molecule has 1 aliphatic rings. The number of esters is 1. The second kappa shape index (κ2) is 5.02. The Morgan fingerprint density at radius 3 is 2.39 bits per heavy atom. The van der Waals surface area contributed by atoms with Crippen molar-refractivity contribution < 1.29 is 23.0 Å². The van der Waals surface area contributed by atoms with Gasteiger partial charge in [0.2, 0.25) is 0 Å². The van der Waals surface area contributed by atoms with Gasteiger partial charge < -0.3 is 9.47 Å². The second-order valence-electron chi connectivity index (χ2n) is 4.58. The first-order valence-electron chi connectivity index (χ1n) is 5.76. The molecule has 0 atom stereocenters. The van der Waals surface area contributed by atoms with Crippen LogP contribution in [-0.4, -0.2) is 25.8 Å². The van der Waals surface area contributed by atoms with E-state index in [0.717, 1.165) is 18.6 Å². The van der Waals surface area contributed by atoms with Gasteiger partial charge in [0.15, 0.2) is 0 Å². The quantitative estimate of drug-likeness (QED) is 0.777. The van der Waals surface area contributed by atoms with Crippen LogP contribution < -0.4 is 0 Å². The normalized spacial score (nSPS) is 17.1. The molecule has 1 saturated heterocycles. The van der Waals surface area contributed by atoms with E-state index in [-0.39, 0.29) is 17.6 Å². The molecule has 0 amide bonds. The summed E-state index contributed by atoms with van der Waals surface area (Å²) in [5, 5.41) is 0. The summed E-state index contributed by atoms with van der Waals surface area (Å²) in [6.45, 7) is 3.29. The van der Waals surface area contributed by atoms with E-state index in [0.29, 0.717) is 19.3 Å². The van der Waals surface area contributed by atoms with Crippen molar-refractivity contribution in [2.75, 3.05) is 19.8 Å². The molecule has 1 aliphatic heterocycles. The van der Waals surface area contributed by atoms with Crippen molar-refractivity contribution in [3.8, 4) is 0 Å². The summed E-state index contributed by atoms with van der Waals surface area (Å²) in [7, 11) is 0. The Labute approximate surface area is 104 Å². The maximum absolute atomic E-state index is 12.9. The third-order valence-electron chi connectivity index (χ3n) is 3.17. The van der Waals surface area contributed by atoms with E-state index in [1.165, 1.54) is 0 Å². The Morgan fingerprint density at radius 1 is 1.33 bits per heavy atom. The van der Waals surface area contributed by atoms with Gasteiger partial charge in [-0.15, -0.1) is 0 Å². The Bertz CT molecular complexity index is 430. The zero-order chi connectivity index (χ0) is 13.2. The van der Waals surface area contributed by atoms with E-state index < -0.39 is 17.6 Å². The lowest BCUT2D eigenvalue weighted by Gasteiger charge is -2.39. The number of hydrogen-bond acceptors (Lipinski definition) is 3. The lowest BCUT2D eigenvalue weighted by atomic mass is 9.84. The molecule has 1 aromatic carbocycles. The maximum Gasteiger partial charge on any atom is 0.338 e. The minimum absolute atomic E-state index is 0.112. The Morgan fingerprint density at radius 2 is 1.94 bits per heavy atom. The zero-order valence-corrected chi connectivity index (χ0v) is 10.0. The third-order valence-corrected chi connectivity index (χ3v) is 3.17. The largest absolute Gasteiger partial charge is 0.461 e. The van der Waals surface area contributed by atoms with Gasteiger partial charge in [0.05, 0.1) is 24.2 Å². The van der Waals surface area contributed by atoms with Gasteiger partial charge in [-0.2, -0.15) is 0 Å². The van der Waals surface area contributed by atoms with Crippen molar-refractivity contribution in [3.63, 3.8) is 0 Å². The molecule has 5 heteroatoms. The molecule has 3 nitrogen and oxygen atoms in total. The SMILES string of the molecule is CCC1(COC(=O)c2cc(F)cc(F)c2)COC1. The fraction of sp³-hybridized carbons (Fsp3) is 0.462. The summed E-state index contributed by atoms with van der Waals surface area (Å²) in [6.07, 6.45) is 0.831. The molecule has 1 heterocycles. The molecule has 0 unspecified atom stereocenters. The van der Waals surface area contributed by atoms with Crippen LogP contribution >= 0.6 is 0 Å². The van der Waals surface area contributed by atoms with E-state index in [4.69, 9.17) is 9.47 Å². The van der Waals surface area contributed by atoms with Gasteiger partial charge in [-0.05, 0) is 18.6 Å². The van der Waals surface area contributed by atoms with E-state index in [2.05, 4.69) is 0 Å². The average molecular weight is 256 g/mol. The molecule has 0 aliphatic carbocycles. The van der Waals surface area contributed by atoms with Crippen molar-refractivity contribution >= 4 is 5.97 Å². The summed E-state index contributed by atoms with van der Waals surface area (Å²) >= 11 is 0. The van der Waals surface area contributed by atoms with Gasteiger partial charge in [0.25, 0.3) is 0 Å². The highest BCUT2D eigenvalue weighted by atomic mass is 19.1. The van der Waals surface area contributed by atoms with Crippen molar-refractivity contribution in [1.82, 2.24) is 0 Å². The minimum atomic E-state index is -0.792. The first-order valence-corrected chi connectivity index (χ1v) is 5.76. The van der Waals surface area contributed by atoms with E-state index in [1.54, 1.807) is 0 Å². The molecule has 0 bridgehead atoms. The van der Waals surface area contributed by atoms with E-state index >= 15 is 0 Å². The number of rotatable bonds is 4. The first kappa shape index (κ1) is 13.0. The number of carbonyl (C=O) groups is 1. The summed E-state index contributed by atoms with van der Waals surface area (Å²) in [5.74, 6) is -2.30. The van der Waals surface area contributed by atoms with Crippen LogP contribution in [0.5, 0.6) is 0 Å². The van der Waals surface area contributed by atoms with E-state index in [1.807, 2.05) is 6.92 Å². The second-order valence-corrected chi connectivity index (χ2v) is 4.58. The number of carbonyl (C=O) groups excluding carboxylic acids is 1. The molecule has 0 aromatic heterocycles. The monoisotopic (exact) mass is 256 g/mol. The van der Waals surface area contributed by atoms with Crippen molar-refractivity contribution in [2.24, 2.45) is 5.41 Å². The highest BCUT2D eigenvalue weighted by Gasteiger charge is 2.38. The first-order chi connectivity index (χ1) is 8.54. The smallest absolute Gasteiger partial charge is 0.338 e. The van der Waals surface area contributed by atoms with Crippen LogP contribution in [0.4, 0.5) is 8.78 Å². The number of hydrogen-bond donors (Lipinski definition) is 0. The van der Waals surface area contributed by atoms with Crippen LogP contribution in [0.2, 0.25) is 0 Å². The van der Waals surface area contributed by atoms with Crippen LogP contribution in [0.1, 0.15) is 23.7 Å². The molecule has 2 rings (SSSR count). The average Bonchev–Trinajstić information content (AvgIpc) is 2.26. The fourth-order valence-corrected chi connectivity index (χ4v) is 1.75. The third kappa shape index (κ3) is 2.67. The molecule has 0 spiro atoms. The minimum Gasteiger partial charge on any atom is -0.461 e. The van der Waals surface area contributed by atoms with Crippen molar-refractivity contribution in [2.45, 2.75) is 13.3 Å². The van der Waals surface area contributed by atoms with E-state index in [9.17, 15) is 13.6 Å². The zero-order valence-electron chi connectivity index (χ0n) is 10.0. The van der Waals surface area contributed by atoms with Gasteiger partial charge in [-0.1, -0.05) is 6.92 Å². The molecule has 98 valence electrons. The van der Waals surface area contributed by atoms with Crippen molar-refractivity contribution in [3.05, 3.63) is 35.4 Å². The van der Waals surface area contributed by atoms with Crippen LogP contribution in [-0.2, 0) is 9.47 Å². The fourth-order valence-electron chi connectivity index (χ4n) is 1.75. The summed E-state index contributed by atoms with van der Waals surface area (Å²) in [4.78, 5) is 11.7. The number of benzene rings is 1. The summed E-state index contributed by atoms with van der Waals surface area (Å²) < 4.78 is 36.1. The van der Waals surface area contributed by atoms with Crippen LogP contribution in [0.25, 0.3) is 0 Å². The van der Waals surface area contributed by atoms with Crippen LogP contribution in [0.3, 0.4) is 0 Å². The van der Waals surface area contributed by atoms with Gasteiger partial charge in [0, 0.05) is 6.07 Å². The van der Waals surface area contributed by atoms with Gasteiger partial charge in [-0.3, -0.25) is 0 Å². The van der Waals surface area contributed by atoms with Gasteiger partial charge in [-0.25, -0.2) is 13.6 Å². The summed E-state index contributed by atoms with van der Waals surface area (Å²) in [5.41, 5.74) is -0.249. The molecule has 18 heavy (non-hydrogen) atoms. The molecular formula is C13H14F2O3. The Kier molecular flexibility index (Phi) is 3.61. The van der Waals surface area contributed by atoms with Crippen LogP contribution in [0, 0.1) is 17.0 Å². The predicted molar refractivity (Wildman–Crippen MR) is 60.2 cm³/mol. The van der Waals surface area contributed by atoms with Crippen molar-refractivity contribution in [1.29, 1.82) is 0 Å².